The number of allylic oxidation sites excluding steroid dienone is 1. The highest BCUT2D eigenvalue weighted by molar-refractivity contribution is 6.17. The number of anilines is 2. The van der Waals surface area contributed by atoms with Gasteiger partial charge in [0.05, 0.1) is 11.0 Å². The highest BCUT2D eigenvalue weighted by Gasteiger charge is 2.27. The van der Waals surface area contributed by atoms with Gasteiger partial charge in [-0.05, 0) is 72.0 Å². The molecule has 11 rings (SSSR count). The third kappa shape index (κ3) is 4.76. The van der Waals surface area contributed by atoms with Gasteiger partial charge in [0.1, 0.15) is 11.3 Å². The maximum Gasteiger partial charge on any atom is 0.238 e. The fourth-order valence-corrected chi connectivity index (χ4v) is 8.44. The van der Waals surface area contributed by atoms with Gasteiger partial charge in [-0.3, -0.25) is 4.57 Å². The van der Waals surface area contributed by atoms with E-state index in [0.29, 0.717) is 17.6 Å². The Morgan fingerprint density at radius 3 is 2.19 bits per heavy atom. The van der Waals surface area contributed by atoms with E-state index in [2.05, 4.69) is 131 Å². The van der Waals surface area contributed by atoms with Crippen molar-refractivity contribution in [3.8, 4) is 28.5 Å². The molecule has 9 aromatic rings. The zero-order valence-corrected chi connectivity index (χ0v) is 28.9. The number of aryl methyl sites for hydroxylation is 1. The van der Waals surface area contributed by atoms with Crippen LogP contribution in [0.4, 0.5) is 11.4 Å². The number of aromatic nitrogens is 4. The number of hydrogen-bond acceptors (Lipinski definition) is 5. The lowest BCUT2D eigenvalue weighted by molar-refractivity contribution is 0.547. The SMILES string of the molecule is C1=C(c2nc(-c3ccccc3)nc(-n3c4ccccc4c4c5c(ccc43)CCN(c3ccccc3)c3ccccc3-5)n2)CCc2oc3ccccc3c21. The lowest BCUT2D eigenvalue weighted by atomic mass is 9.93. The van der Waals surface area contributed by atoms with E-state index < -0.39 is 0 Å². The molecule has 0 amide bonds. The molecular formula is C47H33N5O. The molecule has 0 bridgehead atoms. The van der Waals surface area contributed by atoms with Gasteiger partial charge in [-0.15, -0.1) is 0 Å². The molecule has 252 valence electrons. The van der Waals surface area contributed by atoms with Crippen LogP contribution in [0.5, 0.6) is 0 Å². The molecule has 6 aromatic carbocycles. The predicted molar refractivity (Wildman–Crippen MR) is 215 cm³/mol. The average Bonchev–Trinajstić information content (AvgIpc) is 3.71. The van der Waals surface area contributed by atoms with Crippen molar-refractivity contribution in [3.05, 3.63) is 168 Å². The minimum atomic E-state index is 0.608. The molecule has 6 nitrogen and oxygen atoms in total. The van der Waals surface area contributed by atoms with Crippen molar-refractivity contribution in [1.29, 1.82) is 0 Å². The van der Waals surface area contributed by atoms with Gasteiger partial charge < -0.3 is 9.32 Å². The maximum absolute atomic E-state index is 6.25. The molecule has 0 fully saturated rings. The summed E-state index contributed by atoms with van der Waals surface area (Å²) in [6, 6.07) is 51.3. The van der Waals surface area contributed by atoms with E-state index in [1.165, 1.54) is 38.8 Å². The molecule has 4 heterocycles. The van der Waals surface area contributed by atoms with Crippen molar-refractivity contribution in [2.24, 2.45) is 0 Å². The van der Waals surface area contributed by atoms with Gasteiger partial charge in [-0.25, -0.2) is 4.98 Å². The maximum atomic E-state index is 6.25. The van der Waals surface area contributed by atoms with E-state index >= 15 is 0 Å². The van der Waals surface area contributed by atoms with Crippen molar-refractivity contribution in [1.82, 2.24) is 19.5 Å². The first-order valence-corrected chi connectivity index (χ1v) is 18.3. The number of benzene rings is 6. The predicted octanol–water partition coefficient (Wildman–Crippen LogP) is 11.2. The van der Waals surface area contributed by atoms with Crippen molar-refractivity contribution in [3.63, 3.8) is 0 Å². The number of hydrogen-bond donors (Lipinski definition) is 0. The minimum absolute atomic E-state index is 0.608. The second-order valence-corrected chi connectivity index (χ2v) is 13.9. The van der Waals surface area contributed by atoms with Crippen LogP contribution in [-0.4, -0.2) is 26.1 Å². The first kappa shape index (κ1) is 29.9. The van der Waals surface area contributed by atoms with Gasteiger partial charge in [0.2, 0.25) is 5.95 Å². The molecule has 53 heavy (non-hydrogen) atoms. The standard InChI is InChI=1S/C47H33N5O/c1-3-13-31(14-4-1)45-48-46(32-24-26-42-37(29-32)34-17-9-12-22-41(34)53-42)50-47(49-45)52-39-21-11-8-19-36(39)44-40(52)25-23-30-27-28-51(33-15-5-2-6-16-33)38-20-10-7-18-35(38)43(30)44/h1-23,25,29H,24,26-28H2. The quantitative estimate of drug-likeness (QED) is 0.185. The van der Waals surface area contributed by atoms with Crippen LogP contribution in [0, 0.1) is 0 Å². The summed E-state index contributed by atoms with van der Waals surface area (Å²) < 4.78 is 8.50. The van der Waals surface area contributed by atoms with Crippen LogP contribution in [-0.2, 0) is 12.8 Å². The molecule has 0 unspecified atom stereocenters. The van der Waals surface area contributed by atoms with Gasteiger partial charge in [-0.1, -0.05) is 109 Å². The van der Waals surface area contributed by atoms with Crippen LogP contribution < -0.4 is 4.90 Å². The fourth-order valence-electron chi connectivity index (χ4n) is 8.44. The molecule has 0 atom stereocenters. The van der Waals surface area contributed by atoms with E-state index in [1.54, 1.807) is 0 Å². The van der Waals surface area contributed by atoms with Crippen molar-refractivity contribution in [2.45, 2.75) is 19.3 Å². The molecule has 3 aromatic heterocycles. The normalized spacial score (nSPS) is 13.8. The number of furan rings is 1. The van der Waals surface area contributed by atoms with Crippen LogP contribution in [0.25, 0.3) is 72.9 Å². The number of nitrogens with zero attached hydrogens (tertiary/aromatic N) is 5. The third-order valence-corrected chi connectivity index (χ3v) is 10.9. The first-order chi connectivity index (χ1) is 26.3. The van der Waals surface area contributed by atoms with Crippen LogP contribution >= 0.6 is 0 Å². The van der Waals surface area contributed by atoms with Gasteiger partial charge in [0.25, 0.3) is 0 Å². The monoisotopic (exact) mass is 683 g/mol. The summed E-state index contributed by atoms with van der Waals surface area (Å²) in [4.78, 5) is 18.2. The molecule has 0 saturated carbocycles. The smallest absolute Gasteiger partial charge is 0.238 e. The molecular weight excluding hydrogens is 651 g/mol. The van der Waals surface area contributed by atoms with Crippen LogP contribution in [0.1, 0.15) is 29.1 Å². The highest BCUT2D eigenvalue weighted by atomic mass is 16.3. The lowest BCUT2D eigenvalue weighted by Crippen LogP contribution is -2.18. The number of fused-ring (bicyclic) bond motifs is 10. The lowest BCUT2D eigenvalue weighted by Gasteiger charge is -2.25. The Balaban J connectivity index is 1.16. The molecule has 2 aliphatic rings. The summed E-state index contributed by atoms with van der Waals surface area (Å²) in [7, 11) is 0. The van der Waals surface area contributed by atoms with E-state index in [9.17, 15) is 0 Å². The van der Waals surface area contributed by atoms with E-state index in [-0.39, 0.29) is 0 Å². The summed E-state index contributed by atoms with van der Waals surface area (Å²) in [5.74, 6) is 2.96. The van der Waals surface area contributed by atoms with Crippen LogP contribution in [0.3, 0.4) is 0 Å². The van der Waals surface area contributed by atoms with Crippen molar-refractivity contribution < 1.29 is 4.42 Å². The second-order valence-electron chi connectivity index (χ2n) is 13.9. The Bertz CT molecular complexity index is 2900. The summed E-state index contributed by atoms with van der Waals surface area (Å²) >= 11 is 0. The largest absolute Gasteiger partial charge is 0.460 e. The van der Waals surface area contributed by atoms with E-state index in [0.717, 1.165) is 70.3 Å². The second kappa shape index (κ2) is 11.9. The summed E-state index contributed by atoms with van der Waals surface area (Å²) in [5.41, 5.74) is 12.5. The molecule has 0 N–H and O–H groups in total. The zero-order valence-electron chi connectivity index (χ0n) is 28.9. The molecule has 1 aliphatic heterocycles. The van der Waals surface area contributed by atoms with Gasteiger partial charge in [0, 0.05) is 57.2 Å². The van der Waals surface area contributed by atoms with E-state index in [1.807, 2.05) is 30.3 Å². The Kier molecular flexibility index (Phi) is 6.71. The van der Waals surface area contributed by atoms with Crippen LogP contribution in [0.15, 0.2) is 150 Å². The Morgan fingerprint density at radius 2 is 1.30 bits per heavy atom. The summed E-state index contributed by atoms with van der Waals surface area (Å²) in [6.07, 6.45) is 4.71. The molecule has 0 saturated heterocycles. The van der Waals surface area contributed by atoms with Crippen LogP contribution in [0.2, 0.25) is 0 Å². The molecule has 0 spiro atoms. The molecule has 0 radical (unpaired) electrons. The summed E-state index contributed by atoms with van der Waals surface area (Å²) in [5, 5.41) is 3.51. The topological polar surface area (TPSA) is 60.0 Å². The average molecular weight is 684 g/mol. The number of rotatable bonds is 4. The van der Waals surface area contributed by atoms with Gasteiger partial charge in [0.15, 0.2) is 11.6 Å². The highest BCUT2D eigenvalue weighted by Crippen LogP contribution is 2.46. The van der Waals surface area contributed by atoms with Crippen molar-refractivity contribution in [2.75, 3.05) is 11.4 Å². The summed E-state index contributed by atoms with van der Waals surface area (Å²) in [6.45, 7) is 0.887. The fraction of sp³-hybridized carbons (Fsp3) is 0.0851. The molecule has 6 heteroatoms. The third-order valence-electron chi connectivity index (χ3n) is 10.9. The molecule has 1 aliphatic carbocycles. The Morgan fingerprint density at radius 1 is 0.566 bits per heavy atom. The van der Waals surface area contributed by atoms with E-state index in [4.69, 9.17) is 19.4 Å². The number of para-hydroxylation sites is 4. The van der Waals surface area contributed by atoms with Gasteiger partial charge in [-0.2, -0.15) is 9.97 Å². The van der Waals surface area contributed by atoms with Gasteiger partial charge >= 0.3 is 0 Å². The van der Waals surface area contributed by atoms with Crippen molar-refractivity contribution >= 4 is 55.8 Å². The Labute approximate surface area is 306 Å². The Hall–Kier alpha value is -6.79. The zero-order chi connectivity index (χ0) is 34.9. The first-order valence-electron chi connectivity index (χ1n) is 18.3. The minimum Gasteiger partial charge on any atom is -0.460 e.